The summed E-state index contributed by atoms with van der Waals surface area (Å²) in [6.07, 6.45) is 10.1. The zero-order valence-electron chi connectivity index (χ0n) is 8.59. The lowest BCUT2D eigenvalue weighted by atomic mass is 10.2. The number of amides is 1. The summed E-state index contributed by atoms with van der Waals surface area (Å²) < 4.78 is 0. The third kappa shape index (κ3) is 4.29. The zero-order valence-corrected chi connectivity index (χ0v) is 8.59. The molecule has 14 heavy (non-hydrogen) atoms. The Kier molecular flexibility index (Phi) is 5.09. The number of hydrogen-bond donors (Lipinski definition) is 1. The van der Waals surface area contributed by atoms with Crippen molar-refractivity contribution >= 4 is 5.91 Å². The molecular weight excluding hydrogens is 176 g/mol. The van der Waals surface area contributed by atoms with Crippen molar-refractivity contribution in [2.24, 2.45) is 0 Å². The molecule has 1 rings (SSSR count). The first-order chi connectivity index (χ1) is 6.83. The molecule has 0 aromatic rings. The van der Waals surface area contributed by atoms with Crippen molar-refractivity contribution in [3.63, 3.8) is 0 Å². The van der Waals surface area contributed by atoms with Gasteiger partial charge in [-0.05, 0) is 25.9 Å². The molecule has 0 saturated carbocycles. The Morgan fingerprint density at radius 3 is 2.50 bits per heavy atom. The van der Waals surface area contributed by atoms with E-state index in [-0.39, 0.29) is 5.91 Å². The van der Waals surface area contributed by atoms with Gasteiger partial charge in [0.2, 0.25) is 5.91 Å². The summed E-state index contributed by atoms with van der Waals surface area (Å²) in [4.78, 5) is 13.5. The predicted octanol–water partition coefficient (Wildman–Crippen LogP) is 0.612. The summed E-state index contributed by atoms with van der Waals surface area (Å²) in [6, 6.07) is 0. The molecule has 1 saturated heterocycles. The standard InChI is InChI=1S/C11H18N2O/c1-2-7-12-11(14)10-13-8-5-3-4-6-9-13/h1H,3-10H2,(H,12,14). The molecule has 0 atom stereocenters. The zero-order chi connectivity index (χ0) is 10.2. The van der Waals surface area contributed by atoms with Crippen molar-refractivity contribution < 1.29 is 4.79 Å². The lowest BCUT2D eigenvalue weighted by Gasteiger charge is -2.18. The number of nitrogens with one attached hydrogen (secondary N) is 1. The van der Waals surface area contributed by atoms with Gasteiger partial charge in [0.1, 0.15) is 0 Å². The van der Waals surface area contributed by atoms with Gasteiger partial charge >= 0.3 is 0 Å². The highest BCUT2D eigenvalue weighted by molar-refractivity contribution is 5.78. The third-order valence-corrected chi connectivity index (χ3v) is 2.45. The van der Waals surface area contributed by atoms with Crippen molar-refractivity contribution in [1.29, 1.82) is 0 Å². The summed E-state index contributed by atoms with van der Waals surface area (Å²) >= 11 is 0. The minimum Gasteiger partial charge on any atom is -0.344 e. The summed E-state index contributed by atoms with van der Waals surface area (Å²) in [6.45, 7) is 2.93. The number of carbonyl (C=O) groups excluding carboxylic acids is 1. The minimum absolute atomic E-state index is 0.0462. The topological polar surface area (TPSA) is 32.3 Å². The molecule has 0 spiro atoms. The van der Waals surface area contributed by atoms with Crippen LogP contribution >= 0.6 is 0 Å². The molecule has 1 heterocycles. The van der Waals surface area contributed by atoms with Gasteiger partial charge in [0.25, 0.3) is 0 Å². The fourth-order valence-corrected chi connectivity index (χ4v) is 1.70. The molecule has 1 fully saturated rings. The summed E-state index contributed by atoms with van der Waals surface area (Å²) in [7, 11) is 0. The second-order valence-corrected chi connectivity index (χ2v) is 3.67. The molecule has 1 aliphatic rings. The molecule has 0 aliphatic carbocycles. The van der Waals surface area contributed by atoms with Crippen molar-refractivity contribution in [1.82, 2.24) is 10.2 Å². The highest BCUT2D eigenvalue weighted by Crippen LogP contribution is 2.08. The van der Waals surface area contributed by atoms with Gasteiger partial charge in [-0.1, -0.05) is 18.8 Å². The molecule has 0 bridgehead atoms. The summed E-state index contributed by atoms with van der Waals surface area (Å²) in [5.41, 5.74) is 0. The number of likely N-dealkylation sites (tertiary alicyclic amines) is 1. The van der Waals surface area contributed by atoms with E-state index >= 15 is 0 Å². The van der Waals surface area contributed by atoms with Gasteiger partial charge in [0, 0.05) is 0 Å². The maximum absolute atomic E-state index is 11.3. The van der Waals surface area contributed by atoms with Crippen LogP contribution in [0.5, 0.6) is 0 Å². The van der Waals surface area contributed by atoms with Crippen molar-refractivity contribution in [2.75, 3.05) is 26.2 Å². The van der Waals surface area contributed by atoms with Crippen molar-refractivity contribution in [3.05, 3.63) is 0 Å². The second kappa shape index (κ2) is 6.44. The monoisotopic (exact) mass is 194 g/mol. The van der Waals surface area contributed by atoms with E-state index < -0.39 is 0 Å². The van der Waals surface area contributed by atoms with Crippen LogP contribution in [0.15, 0.2) is 0 Å². The molecule has 0 radical (unpaired) electrons. The van der Waals surface area contributed by atoms with Gasteiger partial charge in [-0.15, -0.1) is 6.42 Å². The molecule has 3 nitrogen and oxygen atoms in total. The molecule has 1 N–H and O–H groups in total. The summed E-state index contributed by atoms with van der Waals surface area (Å²) in [5, 5.41) is 2.68. The predicted molar refractivity (Wildman–Crippen MR) is 56.8 cm³/mol. The van der Waals surface area contributed by atoms with E-state index in [1.165, 1.54) is 25.7 Å². The second-order valence-electron chi connectivity index (χ2n) is 3.67. The molecule has 0 aromatic carbocycles. The average Bonchev–Trinajstić information content (AvgIpc) is 2.43. The summed E-state index contributed by atoms with van der Waals surface area (Å²) in [5.74, 6) is 2.44. The first-order valence-electron chi connectivity index (χ1n) is 5.25. The Hall–Kier alpha value is -1.01. The maximum Gasteiger partial charge on any atom is 0.234 e. The first kappa shape index (κ1) is 11.1. The molecular formula is C11H18N2O. The number of hydrogen-bond acceptors (Lipinski definition) is 2. The highest BCUT2D eigenvalue weighted by atomic mass is 16.2. The minimum atomic E-state index is 0.0462. The quantitative estimate of drug-likeness (QED) is 0.668. The fourth-order valence-electron chi connectivity index (χ4n) is 1.70. The maximum atomic E-state index is 11.3. The van der Waals surface area contributed by atoms with Gasteiger partial charge in [-0.2, -0.15) is 0 Å². The molecule has 0 unspecified atom stereocenters. The Bertz CT molecular complexity index is 212. The van der Waals surface area contributed by atoms with E-state index in [9.17, 15) is 4.79 Å². The molecule has 0 aromatic heterocycles. The van der Waals surface area contributed by atoms with Gasteiger partial charge in [-0.25, -0.2) is 0 Å². The van der Waals surface area contributed by atoms with Crippen LogP contribution < -0.4 is 5.32 Å². The molecule has 78 valence electrons. The van der Waals surface area contributed by atoms with Crippen LogP contribution in [-0.2, 0) is 4.79 Å². The number of terminal acetylenes is 1. The van der Waals surface area contributed by atoms with Gasteiger partial charge < -0.3 is 5.32 Å². The number of rotatable bonds is 3. The van der Waals surface area contributed by atoms with E-state index in [0.29, 0.717) is 13.1 Å². The van der Waals surface area contributed by atoms with Crippen LogP contribution in [0.3, 0.4) is 0 Å². The van der Waals surface area contributed by atoms with Crippen molar-refractivity contribution in [3.8, 4) is 12.3 Å². The Morgan fingerprint density at radius 2 is 1.93 bits per heavy atom. The number of nitrogens with zero attached hydrogens (tertiary/aromatic N) is 1. The lowest BCUT2D eigenvalue weighted by molar-refractivity contribution is -0.122. The third-order valence-electron chi connectivity index (χ3n) is 2.45. The normalized spacial score (nSPS) is 18.2. The van der Waals surface area contributed by atoms with Crippen LogP contribution in [0.2, 0.25) is 0 Å². The van der Waals surface area contributed by atoms with E-state index in [1.54, 1.807) is 0 Å². The molecule has 1 amide bonds. The number of carbonyl (C=O) groups is 1. The van der Waals surface area contributed by atoms with Gasteiger partial charge in [0.05, 0.1) is 13.1 Å². The van der Waals surface area contributed by atoms with Gasteiger partial charge in [0.15, 0.2) is 0 Å². The SMILES string of the molecule is C#CCNC(=O)CN1CCCCCC1. The van der Waals surface area contributed by atoms with Crippen molar-refractivity contribution in [2.45, 2.75) is 25.7 Å². The average molecular weight is 194 g/mol. The molecule has 3 heteroatoms. The van der Waals surface area contributed by atoms with E-state index in [0.717, 1.165) is 13.1 Å². The first-order valence-corrected chi connectivity index (χ1v) is 5.25. The lowest BCUT2D eigenvalue weighted by Crippen LogP contribution is -2.37. The largest absolute Gasteiger partial charge is 0.344 e. The highest BCUT2D eigenvalue weighted by Gasteiger charge is 2.11. The Labute approximate surface area is 85.9 Å². The van der Waals surface area contributed by atoms with Gasteiger partial charge in [-0.3, -0.25) is 9.69 Å². The Balaban J connectivity index is 2.21. The fraction of sp³-hybridized carbons (Fsp3) is 0.727. The Morgan fingerprint density at radius 1 is 1.29 bits per heavy atom. The smallest absolute Gasteiger partial charge is 0.234 e. The molecule has 1 aliphatic heterocycles. The van der Waals surface area contributed by atoms with E-state index in [1.807, 2.05) is 0 Å². The van der Waals surface area contributed by atoms with Crippen LogP contribution in [0, 0.1) is 12.3 Å². The van der Waals surface area contributed by atoms with E-state index in [4.69, 9.17) is 6.42 Å². The van der Waals surface area contributed by atoms with Crippen LogP contribution in [0.1, 0.15) is 25.7 Å². The van der Waals surface area contributed by atoms with Crippen LogP contribution in [0.25, 0.3) is 0 Å². The van der Waals surface area contributed by atoms with Crippen LogP contribution in [-0.4, -0.2) is 37.0 Å². The van der Waals surface area contributed by atoms with E-state index in [2.05, 4.69) is 16.1 Å². The van der Waals surface area contributed by atoms with Crippen LogP contribution in [0.4, 0.5) is 0 Å².